The maximum atomic E-state index is 14.9. The Kier molecular flexibility index (Phi) is 10.4. The highest BCUT2D eigenvalue weighted by molar-refractivity contribution is 6.91. The standard InChI is InChI=1S/C43H47N5O5Si/c1-6-24-48-38-22-17-32(44-41(50)31-15-11-8-12-16-31)26-36(38)43(42(48)51)29(2)40(54(4,5)34-20-18-33(52-3)19-21-34)39(53-43)23-25-47-27-37(45-46-47)35(28-49)30-13-9-7-10-14-30/h6-22,26-27,29,35,39-40,49H,1,23-25,28H2,2-5H3,(H,44,50)/t29-,35?,39+,40-,43+/m1/s1. The fraction of sp³-hybridized carbons (Fsp3) is 0.302. The SMILES string of the molecule is C=CCN1C(=O)[C@@]2(O[C@@H](CCn3cc(C(CO)c4ccccc4)nn3)[C@H]([Si](C)(C)c3ccc(OC)cc3)[C@H]2C)c2cc(NC(=O)c3ccccc3)ccc21. The number of carbonyl (C=O) groups is 2. The maximum Gasteiger partial charge on any atom is 0.264 e. The van der Waals surface area contributed by atoms with Gasteiger partial charge in [-0.05, 0) is 60.0 Å². The van der Waals surface area contributed by atoms with Crippen LogP contribution in [0.4, 0.5) is 11.4 Å². The molecule has 0 bridgehead atoms. The molecular formula is C43H47N5O5Si. The van der Waals surface area contributed by atoms with Crippen molar-refractivity contribution in [2.75, 3.05) is 30.5 Å². The number of nitrogens with zero attached hydrogens (tertiary/aromatic N) is 4. The number of aromatic nitrogens is 3. The molecule has 7 rings (SSSR count). The van der Waals surface area contributed by atoms with E-state index in [2.05, 4.69) is 54.4 Å². The fourth-order valence-corrected chi connectivity index (χ4v) is 12.7. The molecule has 1 aromatic heterocycles. The molecule has 5 atom stereocenters. The molecule has 0 saturated carbocycles. The van der Waals surface area contributed by atoms with Gasteiger partial charge in [0.2, 0.25) is 0 Å². The summed E-state index contributed by atoms with van der Waals surface area (Å²) in [6.45, 7) is 11.5. The number of aryl methyl sites for hydroxylation is 1. The molecule has 1 unspecified atom stereocenters. The number of methoxy groups -OCH3 is 1. The van der Waals surface area contributed by atoms with Crippen LogP contribution >= 0.6 is 0 Å². The van der Waals surface area contributed by atoms with E-state index in [0.29, 0.717) is 36.5 Å². The van der Waals surface area contributed by atoms with Crippen molar-refractivity contribution in [2.45, 2.75) is 56.1 Å². The summed E-state index contributed by atoms with van der Waals surface area (Å²) in [5.74, 6) is -0.0872. The number of amides is 2. The molecule has 2 aliphatic heterocycles. The summed E-state index contributed by atoms with van der Waals surface area (Å²) in [5, 5.41) is 23.5. The first-order valence-corrected chi connectivity index (χ1v) is 21.5. The molecule has 5 aromatic rings. The number of hydrogen-bond donors (Lipinski definition) is 2. The summed E-state index contributed by atoms with van der Waals surface area (Å²) >= 11 is 0. The maximum absolute atomic E-state index is 14.9. The molecule has 0 aliphatic carbocycles. The lowest BCUT2D eigenvalue weighted by molar-refractivity contribution is -0.145. The highest BCUT2D eigenvalue weighted by atomic mass is 28.3. The second-order valence-electron chi connectivity index (χ2n) is 14.8. The first kappa shape index (κ1) is 37.0. The molecule has 3 heterocycles. The smallest absolute Gasteiger partial charge is 0.264 e. The third-order valence-electron chi connectivity index (χ3n) is 11.4. The normalized spacial score (nSPS) is 21.2. The average Bonchev–Trinajstić information content (AvgIpc) is 3.85. The minimum absolute atomic E-state index is 0.00597. The van der Waals surface area contributed by atoms with E-state index in [-0.39, 0.29) is 41.9 Å². The second-order valence-corrected chi connectivity index (χ2v) is 19.4. The van der Waals surface area contributed by atoms with Gasteiger partial charge in [0.25, 0.3) is 11.8 Å². The summed E-state index contributed by atoms with van der Waals surface area (Å²) in [6, 6.07) is 32.8. The summed E-state index contributed by atoms with van der Waals surface area (Å²) < 4.78 is 14.6. The quantitative estimate of drug-likeness (QED) is 0.105. The number of benzene rings is 4. The van der Waals surface area contributed by atoms with Crippen LogP contribution in [0.15, 0.2) is 122 Å². The monoisotopic (exact) mass is 741 g/mol. The van der Waals surface area contributed by atoms with Crippen molar-refractivity contribution in [3.63, 3.8) is 0 Å². The van der Waals surface area contributed by atoms with Crippen molar-refractivity contribution < 1.29 is 24.2 Å². The highest BCUT2D eigenvalue weighted by Gasteiger charge is 2.66. The van der Waals surface area contributed by atoms with Gasteiger partial charge in [0.15, 0.2) is 5.60 Å². The van der Waals surface area contributed by atoms with Gasteiger partial charge in [-0.15, -0.1) is 11.7 Å². The third kappa shape index (κ3) is 6.56. The number of rotatable bonds is 13. The Labute approximate surface area is 317 Å². The first-order chi connectivity index (χ1) is 26.1. The van der Waals surface area contributed by atoms with Crippen molar-refractivity contribution >= 4 is 36.4 Å². The van der Waals surface area contributed by atoms with E-state index < -0.39 is 13.7 Å². The lowest BCUT2D eigenvalue weighted by Crippen LogP contribution is -2.51. The van der Waals surface area contributed by atoms with E-state index in [1.54, 1.807) is 30.2 Å². The molecular weight excluding hydrogens is 695 g/mol. The van der Waals surface area contributed by atoms with Crippen LogP contribution < -0.4 is 20.1 Å². The van der Waals surface area contributed by atoms with Crippen molar-refractivity contribution in [2.24, 2.45) is 5.92 Å². The van der Waals surface area contributed by atoms with Crippen LogP contribution in [-0.4, -0.2) is 66.4 Å². The van der Waals surface area contributed by atoms with Crippen molar-refractivity contribution in [1.29, 1.82) is 0 Å². The molecule has 1 fully saturated rings. The van der Waals surface area contributed by atoms with Gasteiger partial charge in [-0.25, -0.2) is 0 Å². The zero-order chi connectivity index (χ0) is 38.0. The predicted molar refractivity (Wildman–Crippen MR) is 213 cm³/mol. The number of aliphatic hydroxyl groups is 1. The summed E-state index contributed by atoms with van der Waals surface area (Å²) in [4.78, 5) is 29.9. The Balaban J connectivity index is 1.26. The third-order valence-corrected chi connectivity index (χ3v) is 15.7. The number of ether oxygens (including phenoxy) is 2. The number of aliphatic hydroxyl groups excluding tert-OH is 1. The molecule has 1 spiro atoms. The minimum Gasteiger partial charge on any atom is -0.497 e. The number of hydrogen-bond acceptors (Lipinski definition) is 7. The molecule has 4 aromatic carbocycles. The average molecular weight is 742 g/mol. The van der Waals surface area contributed by atoms with Gasteiger partial charge in [0, 0.05) is 42.0 Å². The van der Waals surface area contributed by atoms with E-state index in [1.807, 2.05) is 89.7 Å². The van der Waals surface area contributed by atoms with E-state index in [9.17, 15) is 14.7 Å². The largest absolute Gasteiger partial charge is 0.497 e. The fourth-order valence-electron chi connectivity index (χ4n) is 8.66. The predicted octanol–water partition coefficient (Wildman–Crippen LogP) is 6.50. The van der Waals surface area contributed by atoms with Gasteiger partial charge >= 0.3 is 0 Å². The van der Waals surface area contributed by atoms with E-state index in [1.165, 1.54) is 5.19 Å². The van der Waals surface area contributed by atoms with Gasteiger partial charge in [-0.2, -0.15) is 0 Å². The molecule has 10 nitrogen and oxygen atoms in total. The van der Waals surface area contributed by atoms with Gasteiger partial charge < -0.3 is 24.8 Å². The van der Waals surface area contributed by atoms with Gasteiger partial charge in [0.1, 0.15) is 5.75 Å². The van der Waals surface area contributed by atoms with Crippen LogP contribution in [0.25, 0.3) is 0 Å². The number of nitrogens with one attached hydrogen (secondary N) is 1. The molecule has 11 heteroatoms. The van der Waals surface area contributed by atoms with Crippen LogP contribution in [0.5, 0.6) is 5.75 Å². The first-order valence-electron chi connectivity index (χ1n) is 18.4. The molecule has 0 radical (unpaired) electrons. The van der Waals surface area contributed by atoms with Gasteiger partial charge in [0.05, 0.1) is 45.2 Å². The summed E-state index contributed by atoms with van der Waals surface area (Å²) in [6.07, 6.45) is 3.89. The van der Waals surface area contributed by atoms with E-state index in [0.717, 1.165) is 22.6 Å². The Hall–Kier alpha value is -5.36. The summed E-state index contributed by atoms with van der Waals surface area (Å²) in [7, 11) is -0.734. The van der Waals surface area contributed by atoms with E-state index in [4.69, 9.17) is 9.47 Å². The molecule has 54 heavy (non-hydrogen) atoms. The Morgan fingerprint density at radius 3 is 2.43 bits per heavy atom. The Morgan fingerprint density at radius 1 is 1.06 bits per heavy atom. The van der Waals surface area contributed by atoms with Crippen molar-refractivity contribution in [3.8, 4) is 5.75 Å². The number of carbonyl (C=O) groups excluding carboxylic acids is 2. The number of fused-ring (bicyclic) bond motifs is 2. The van der Waals surface area contributed by atoms with Crippen LogP contribution in [0.1, 0.15) is 46.4 Å². The van der Waals surface area contributed by atoms with Crippen LogP contribution in [0.2, 0.25) is 18.6 Å². The van der Waals surface area contributed by atoms with Gasteiger partial charge in [-0.3, -0.25) is 14.3 Å². The van der Waals surface area contributed by atoms with Crippen molar-refractivity contribution in [1.82, 2.24) is 15.0 Å². The zero-order valence-corrected chi connectivity index (χ0v) is 32.2. The lowest BCUT2D eigenvalue weighted by atomic mass is 9.82. The minimum atomic E-state index is -2.40. The van der Waals surface area contributed by atoms with Crippen LogP contribution in [0, 0.1) is 5.92 Å². The molecule has 2 aliphatic rings. The Bertz CT molecular complexity index is 2120. The molecule has 2 N–H and O–H groups in total. The molecule has 1 saturated heterocycles. The van der Waals surface area contributed by atoms with Crippen molar-refractivity contribution in [3.05, 3.63) is 144 Å². The Morgan fingerprint density at radius 2 is 1.76 bits per heavy atom. The molecule has 278 valence electrons. The highest BCUT2D eigenvalue weighted by Crippen LogP contribution is 2.60. The van der Waals surface area contributed by atoms with Crippen LogP contribution in [0.3, 0.4) is 0 Å². The lowest BCUT2D eigenvalue weighted by Gasteiger charge is -2.37. The molecule has 2 amide bonds. The zero-order valence-electron chi connectivity index (χ0n) is 31.2. The summed E-state index contributed by atoms with van der Waals surface area (Å²) in [5.41, 5.74) is 3.00. The topological polar surface area (TPSA) is 119 Å². The van der Waals surface area contributed by atoms with Crippen LogP contribution in [-0.2, 0) is 21.7 Å². The number of anilines is 2. The van der Waals surface area contributed by atoms with E-state index >= 15 is 0 Å². The second kappa shape index (κ2) is 15.2. The van der Waals surface area contributed by atoms with Gasteiger partial charge in [-0.1, -0.05) is 97.2 Å².